The van der Waals surface area contributed by atoms with Crippen LogP contribution in [0.15, 0.2) is 6.07 Å². The number of aromatic nitrogens is 1. The molecule has 4 nitrogen and oxygen atoms in total. The molecule has 0 spiro atoms. The lowest BCUT2D eigenvalue weighted by Gasteiger charge is -2.15. The van der Waals surface area contributed by atoms with Crippen LogP contribution in [-0.2, 0) is 0 Å². The summed E-state index contributed by atoms with van der Waals surface area (Å²) in [5.74, 6) is 0.00852. The van der Waals surface area contributed by atoms with E-state index in [0.29, 0.717) is 10.6 Å². The summed E-state index contributed by atoms with van der Waals surface area (Å²) in [5.41, 5.74) is 8.60. The van der Waals surface area contributed by atoms with Gasteiger partial charge in [-0.3, -0.25) is 9.78 Å². The topological polar surface area (TPSA) is 59.2 Å². The summed E-state index contributed by atoms with van der Waals surface area (Å²) in [5, 5.41) is 0.924. The van der Waals surface area contributed by atoms with Crippen molar-refractivity contribution in [3.63, 3.8) is 0 Å². The monoisotopic (exact) mass is 291 g/mol. The van der Waals surface area contributed by atoms with Crippen molar-refractivity contribution in [3.8, 4) is 0 Å². The zero-order chi connectivity index (χ0) is 14.9. The highest BCUT2D eigenvalue weighted by Gasteiger charge is 2.21. The Balaban J connectivity index is 2.43. The lowest BCUT2D eigenvalue weighted by atomic mass is 10.2. The van der Waals surface area contributed by atoms with E-state index >= 15 is 0 Å². The van der Waals surface area contributed by atoms with Gasteiger partial charge in [-0.2, -0.15) is 0 Å². The third kappa shape index (κ3) is 2.63. The van der Waals surface area contributed by atoms with E-state index in [1.54, 1.807) is 4.90 Å². The van der Waals surface area contributed by atoms with Crippen LogP contribution in [0.2, 0.25) is 0 Å². The minimum Gasteiger partial charge on any atom is -0.397 e. The maximum Gasteiger partial charge on any atom is 0.265 e. The van der Waals surface area contributed by atoms with Crippen molar-refractivity contribution in [3.05, 3.63) is 22.3 Å². The summed E-state index contributed by atoms with van der Waals surface area (Å²) < 4.78 is 1.04. The molecule has 0 aromatic carbocycles. The average Bonchev–Trinajstić information content (AvgIpc) is 2.72. The molecule has 2 N–H and O–H groups in total. The van der Waals surface area contributed by atoms with Crippen LogP contribution >= 0.6 is 11.3 Å². The number of carbonyl (C=O) groups excluding carboxylic acids is 1. The Labute approximate surface area is 123 Å². The minimum absolute atomic E-state index is 0.00852. The highest BCUT2D eigenvalue weighted by atomic mass is 32.1. The predicted octanol–water partition coefficient (Wildman–Crippen LogP) is 3.37. The first-order valence-electron chi connectivity index (χ1n) is 6.87. The van der Waals surface area contributed by atoms with Gasteiger partial charge in [0, 0.05) is 35.1 Å². The van der Waals surface area contributed by atoms with Gasteiger partial charge in [-0.05, 0) is 26.3 Å². The Hall–Kier alpha value is -1.62. The quantitative estimate of drug-likeness (QED) is 0.939. The molecule has 2 rings (SSSR count). The number of rotatable bonds is 4. The molecule has 0 atom stereocenters. The summed E-state index contributed by atoms with van der Waals surface area (Å²) >= 11 is 1.47. The van der Waals surface area contributed by atoms with Gasteiger partial charge >= 0.3 is 0 Å². The van der Waals surface area contributed by atoms with Gasteiger partial charge in [0.1, 0.15) is 4.88 Å². The Morgan fingerprint density at radius 1 is 1.45 bits per heavy atom. The van der Waals surface area contributed by atoms with Crippen molar-refractivity contribution in [1.82, 2.24) is 9.88 Å². The molecule has 0 saturated heterocycles. The summed E-state index contributed by atoms with van der Waals surface area (Å²) in [6.07, 6.45) is 2.08. The van der Waals surface area contributed by atoms with Gasteiger partial charge in [-0.15, -0.1) is 11.3 Å². The van der Waals surface area contributed by atoms with Gasteiger partial charge in [-0.1, -0.05) is 13.3 Å². The van der Waals surface area contributed by atoms with Crippen molar-refractivity contribution in [1.29, 1.82) is 0 Å². The number of hydrogen-bond acceptors (Lipinski definition) is 4. The smallest absolute Gasteiger partial charge is 0.265 e. The fraction of sp³-hybridized carbons (Fsp3) is 0.467. The van der Waals surface area contributed by atoms with Crippen molar-refractivity contribution < 1.29 is 4.79 Å². The van der Waals surface area contributed by atoms with E-state index in [2.05, 4.69) is 11.9 Å². The van der Waals surface area contributed by atoms with Gasteiger partial charge in [-0.25, -0.2) is 0 Å². The third-order valence-corrected chi connectivity index (χ3v) is 4.55. The number of fused-ring (bicyclic) bond motifs is 1. The molecule has 108 valence electrons. The van der Waals surface area contributed by atoms with E-state index in [0.717, 1.165) is 40.9 Å². The molecule has 2 heterocycles. The van der Waals surface area contributed by atoms with E-state index in [9.17, 15) is 4.79 Å². The Kier molecular flexibility index (Phi) is 4.28. The molecule has 0 saturated carbocycles. The van der Waals surface area contributed by atoms with Gasteiger partial charge < -0.3 is 10.6 Å². The van der Waals surface area contributed by atoms with Crippen molar-refractivity contribution in [2.75, 3.05) is 19.3 Å². The number of carbonyl (C=O) groups is 1. The maximum absolute atomic E-state index is 12.5. The van der Waals surface area contributed by atoms with E-state index < -0.39 is 0 Å². The first-order valence-corrected chi connectivity index (χ1v) is 7.69. The number of thiophene rings is 1. The highest BCUT2D eigenvalue weighted by Crippen LogP contribution is 2.36. The zero-order valence-corrected chi connectivity index (χ0v) is 13.3. The summed E-state index contributed by atoms with van der Waals surface area (Å²) in [7, 11) is 1.83. The zero-order valence-electron chi connectivity index (χ0n) is 12.5. The van der Waals surface area contributed by atoms with Crippen LogP contribution in [0.4, 0.5) is 5.69 Å². The molecule has 0 aliphatic rings. The molecular formula is C15H21N3OS. The number of anilines is 1. The number of amides is 1. The van der Waals surface area contributed by atoms with Crippen LogP contribution < -0.4 is 5.73 Å². The number of pyridine rings is 1. The van der Waals surface area contributed by atoms with E-state index in [-0.39, 0.29) is 5.91 Å². The number of nitrogens with two attached hydrogens (primary N) is 1. The van der Waals surface area contributed by atoms with Crippen LogP contribution in [0.1, 0.15) is 40.8 Å². The molecule has 0 fully saturated rings. The number of nitrogen functional groups attached to an aromatic ring is 1. The van der Waals surface area contributed by atoms with Crippen molar-refractivity contribution in [2.45, 2.75) is 33.6 Å². The average molecular weight is 291 g/mol. The predicted molar refractivity (Wildman–Crippen MR) is 85.4 cm³/mol. The first kappa shape index (κ1) is 14.8. The Morgan fingerprint density at radius 3 is 2.80 bits per heavy atom. The Bertz CT molecular complexity index is 648. The molecule has 0 aliphatic carbocycles. The van der Waals surface area contributed by atoms with Crippen LogP contribution in [0, 0.1) is 13.8 Å². The number of hydrogen-bond donors (Lipinski definition) is 1. The van der Waals surface area contributed by atoms with Crippen LogP contribution in [0.3, 0.4) is 0 Å². The van der Waals surface area contributed by atoms with Gasteiger partial charge in [0.05, 0.1) is 5.69 Å². The summed E-state index contributed by atoms with van der Waals surface area (Å²) in [6, 6.07) is 1.99. The van der Waals surface area contributed by atoms with Crippen LogP contribution in [-0.4, -0.2) is 29.4 Å². The molecule has 1 amide bonds. The van der Waals surface area contributed by atoms with E-state index in [1.807, 2.05) is 27.0 Å². The lowest BCUT2D eigenvalue weighted by molar-refractivity contribution is 0.0799. The number of unbranched alkanes of at least 4 members (excludes halogenated alkanes) is 1. The molecule has 0 aliphatic heterocycles. The maximum atomic E-state index is 12.5. The molecule has 2 aromatic rings. The lowest BCUT2D eigenvalue weighted by Crippen LogP contribution is -2.27. The van der Waals surface area contributed by atoms with Crippen molar-refractivity contribution >= 4 is 33.0 Å². The molecule has 2 aromatic heterocycles. The summed E-state index contributed by atoms with van der Waals surface area (Å²) in [6.45, 7) is 6.77. The standard InChI is InChI=1S/C15H21N3OS/c1-5-6-7-18(4)15(19)14-13(16)12-10(3)17-9(2)8-11(12)20-14/h8H,5-7,16H2,1-4H3. The van der Waals surface area contributed by atoms with E-state index in [4.69, 9.17) is 5.73 Å². The molecule has 0 radical (unpaired) electrons. The van der Waals surface area contributed by atoms with Crippen LogP contribution in [0.5, 0.6) is 0 Å². The fourth-order valence-corrected chi connectivity index (χ4v) is 3.57. The number of aryl methyl sites for hydroxylation is 2. The Morgan fingerprint density at radius 2 is 2.15 bits per heavy atom. The molecule has 0 unspecified atom stereocenters. The number of nitrogens with zero attached hydrogens (tertiary/aromatic N) is 2. The molecule has 20 heavy (non-hydrogen) atoms. The fourth-order valence-electron chi connectivity index (χ4n) is 2.31. The molecule has 5 heteroatoms. The van der Waals surface area contributed by atoms with Gasteiger partial charge in [0.25, 0.3) is 5.91 Å². The SMILES string of the molecule is CCCCN(C)C(=O)c1sc2cc(C)nc(C)c2c1N. The first-order chi connectivity index (χ1) is 9.45. The minimum atomic E-state index is 0.00852. The van der Waals surface area contributed by atoms with Crippen LogP contribution in [0.25, 0.3) is 10.1 Å². The second-order valence-electron chi connectivity index (χ2n) is 5.15. The van der Waals surface area contributed by atoms with E-state index in [1.165, 1.54) is 11.3 Å². The largest absolute Gasteiger partial charge is 0.397 e. The second-order valence-corrected chi connectivity index (χ2v) is 6.20. The highest BCUT2D eigenvalue weighted by molar-refractivity contribution is 7.21. The second kappa shape index (κ2) is 5.79. The third-order valence-electron chi connectivity index (χ3n) is 3.41. The van der Waals surface area contributed by atoms with Crippen molar-refractivity contribution in [2.24, 2.45) is 0 Å². The van der Waals surface area contributed by atoms with Gasteiger partial charge in [0.2, 0.25) is 0 Å². The summed E-state index contributed by atoms with van der Waals surface area (Å²) in [4.78, 5) is 19.3. The normalized spacial score (nSPS) is 11.0. The van der Waals surface area contributed by atoms with Gasteiger partial charge in [0.15, 0.2) is 0 Å². The molecule has 0 bridgehead atoms. The molecular weight excluding hydrogens is 270 g/mol.